The monoisotopic (exact) mass is 419 g/mol. The second-order valence-electron chi connectivity index (χ2n) is 6.66. The van der Waals surface area contributed by atoms with Gasteiger partial charge in [0.25, 0.3) is 0 Å². The molecular weight excluding hydrogens is 397 g/mol. The third-order valence-electron chi connectivity index (χ3n) is 4.34. The lowest BCUT2D eigenvalue weighted by Gasteiger charge is -2.16. The molecule has 4 nitrogen and oxygen atoms in total. The highest BCUT2D eigenvalue weighted by molar-refractivity contribution is 7.98. The predicted octanol–water partition coefficient (Wildman–Crippen LogP) is 6.14. The maximum atomic E-state index is 14.0. The highest BCUT2D eigenvalue weighted by Gasteiger charge is 2.19. The highest BCUT2D eigenvalue weighted by Crippen LogP contribution is 2.30. The number of benzene rings is 2. The van der Waals surface area contributed by atoms with E-state index in [0.29, 0.717) is 28.0 Å². The van der Waals surface area contributed by atoms with Crippen molar-refractivity contribution in [3.8, 4) is 5.75 Å². The van der Waals surface area contributed by atoms with Gasteiger partial charge in [0.15, 0.2) is 17.1 Å². The largest absolute Gasteiger partial charge is 0.483 e. The van der Waals surface area contributed by atoms with Gasteiger partial charge in [-0.1, -0.05) is 35.5 Å². The third kappa shape index (κ3) is 4.67. The standard InChI is InChI=1S/C21H23ClFN3OS/c1-5-26-20(15(4)27-16-10-13(2)9-14(3)11-16)24-25-21(26)28-12-17-18(22)7-6-8-19(17)23/h6-11,15H,5,12H2,1-4H3. The van der Waals surface area contributed by atoms with Crippen molar-refractivity contribution in [1.29, 1.82) is 0 Å². The Morgan fingerprint density at radius 2 is 1.89 bits per heavy atom. The summed E-state index contributed by atoms with van der Waals surface area (Å²) in [7, 11) is 0. The maximum Gasteiger partial charge on any atom is 0.191 e. The van der Waals surface area contributed by atoms with Gasteiger partial charge in [0.2, 0.25) is 0 Å². The topological polar surface area (TPSA) is 39.9 Å². The smallest absolute Gasteiger partial charge is 0.191 e. The van der Waals surface area contributed by atoms with E-state index < -0.39 is 0 Å². The molecule has 148 valence electrons. The van der Waals surface area contributed by atoms with Crippen LogP contribution in [-0.4, -0.2) is 14.8 Å². The molecule has 28 heavy (non-hydrogen) atoms. The van der Waals surface area contributed by atoms with Gasteiger partial charge in [-0.3, -0.25) is 0 Å². The van der Waals surface area contributed by atoms with Crippen LogP contribution in [0.25, 0.3) is 0 Å². The Labute approximate surface area is 174 Å². The number of aryl methyl sites for hydroxylation is 2. The van der Waals surface area contributed by atoms with Gasteiger partial charge in [-0.25, -0.2) is 4.39 Å². The van der Waals surface area contributed by atoms with Gasteiger partial charge in [-0.15, -0.1) is 10.2 Å². The molecule has 0 aliphatic rings. The second kappa shape index (κ2) is 8.97. The van der Waals surface area contributed by atoms with Crippen LogP contribution in [0.15, 0.2) is 41.6 Å². The minimum atomic E-state index is -0.311. The molecule has 0 N–H and O–H groups in total. The SMILES string of the molecule is CCn1c(SCc2c(F)cccc2Cl)nnc1C(C)Oc1cc(C)cc(C)c1. The third-order valence-corrected chi connectivity index (χ3v) is 5.69. The number of ether oxygens (including phenoxy) is 1. The molecule has 1 aromatic heterocycles. The average molecular weight is 420 g/mol. The van der Waals surface area contributed by atoms with Gasteiger partial charge in [0.05, 0.1) is 0 Å². The van der Waals surface area contributed by atoms with Crippen molar-refractivity contribution < 1.29 is 9.13 Å². The van der Waals surface area contributed by atoms with Gasteiger partial charge in [-0.2, -0.15) is 0 Å². The zero-order valence-electron chi connectivity index (χ0n) is 16.4. The van der Waals surface area contributed by atoms with E-state index in [4.69, 9.17) is 16.3 Å². The van der Waals surface area contributed by atoms with Crippen LogP contribution in [0.4, 0.5) is 4.39 Å². The number of thioether (sulfide) groups is 1. The summed E-state index contributed by atoms with van der Waals surface area (Å²) >= 11 is 7.54. The first kappa shape index (κ1) is 20.7. The molecular formula is C21H23ClFN3OS. The van der Waals surface area contributed by atoms with Crippen molar-refractivity contribution in [3.63, 3.8) is 0 Å². The second-order valence-corrected chi connectivity index (χ2v) is 8.01. The van der Waals surface area contributed by atoms with Crippen molar-refractivity contribution in [2.45, 2.75) is 51.3 Å². The van der Waals surface area contributed by atoms with Crippen molar-refractivity contribution in [1.82, 2.24) is 14.8 Å². The normalized spacial score (nSPS) is 12.2. The lowest BCUT2D eigenvalue weighted by molar-refractivity contribution is 0.209. The molecule has 0 radical (unpaired) electrons. The highest BCUT2D eigenvalue weighted by atomic mass is 35.5. The summed E-state index contributed by atoms with van der Waals surface area (Å²) in [5.74, 6) is 1.62. The summed E-state index contributed by atoms with van der Waals surface area (Å²) in [6, 6.07) is 10.8. The van der Waals surface area contributed by atoms with Crippen LogP contribution >= 0.6 is 23.4 Å². The van der Waals surface area contributed by atoms with Crippen molar-refractivity contribution in [2.24, 2.45) is 0 Å². The van der Waals surface area contributed by atoms with Crippen LogP contribution in [-0.2, 0) is 12.3 Å². The molecule has 3 rings (SSSR count). The van der Waals surface area contributed by atoms with E-state index in [1.54, 1.807) is 12.1 Å². The Morgan fingerprint density at radius 1 is 1.18 bits per heavy atom. The Bertz CT molecular complexity index is 936. The van der Waals surface area contributed by atoms with Gasteiger partial charge >= 0.3 is 0 Å². The minimum absolute atomic E-state index is 0.264. The zero-order valence-corrected chi connectivity index (χ0v) is 17.9. The minimum Gasteiger partial charge on any atom is -0.483 e. The molecule has 0 bridgehead atoms. The number of hydrogen-bond donors (Lipinski definition) is 0. The van der Waals surface area contributed by atoms with Gasteiger partial charge in [0.1, 0.15) is 11.6 Å². The van der Waals surface area contributed by atoms with E-state index in [-0.39, 0.29) is 11.9 Å². The van der Waals surface area contributed by atoms with Gasteiger partial charge in [0, 0.05) is 22.9 Å². The summed E-state index contributed by atoms with van der Waals surface area (Å²) in [5.41, 5.74) is 2.77. The van der Waals surface area contributed by atoms with E-state index in [0.717, 1.165) is 22.7 Å². The number of hydrogen-bond acceptors (Lipinski definition) is 4. The molecule has 1 atom stereocenters. The van der Waals surface area contributed by atoms with Crippen LogP contribution in [0.2, 0.25) is 5.02 Å². The first-order valence-corrected chi connectivity index (χ1v) is 10.5. The molecule has 7 heteroatoms. The Kier molecular flexibility index (Phi) is 6.62. The molecule has 3 aromatic rings. The summed E-state index contributed by atoms with van der Waals surface area (Å²) in [6.45, 7) is 8.76. The van der Waals surface area contributed by atoms with Gasteiger partial charge in [-0.05, 0) is 63.1 Å². The molecule has 2 aromatic carbocycles. The van der Waals surface area contributed by atoms with Crippen LogP contribution in [0.1, 0.15) is 42.5 Å². The lowest BCUT2D eigenvalue weighted by atomic mass is 10.1. The van der Waals surface area contributed by atoms with E-state index in [1.807, 2.05) is 44.4 Å². The molecule has 0 fully saturated rings. The van der Waals surface area contributed by atoms with Crippen molar-refractivity contribution in [2.75, 3.05) is 0 Å². The van der Waals surface area contributed by atoms with Crippen molar-refractivity contribution >= 4 is 23.4 Å². The van der Waals surface area contributed by atoms with E-state index in [1.165, 1.54) is 17.8 Å². The zero-order chi connectivity index (χ0) is 20.3. The number of aromatic nitrogens is 3. The number of rotatable bonds is 7. The first-order chi connectivity index (χ1) is 13.4. The van der Waals surface area contributed by atoms with Crippen molar-refractivity contribution in [3.05, 3.63) is 69.8 Å². The molecule has 0 aliphatic heterocycles. The van der Waals surface area contributed by atoms with E-state index in [9.17, 15) is 4.39 Å². The molecule has 1 heterocycles. The number of halogens is 2. The molecule has 1 unspecified atom stereocenters. The summed E-state index contributed by atoms with van der Waals surface area (Å²) in [4.78, 5) is 0. The fourth-order valence-corrected chi connectivity index (χ4v) is 4.42. The average Bonchev–Trinajstić information content (AvgIpc) is 3.03. The van der Waals surface area contributed by atoms with Crippen LogP contribution in [0, 0.1) is 19.7 Å². The molecule has 0 saturated heterocycles. The molecule has 0 spiro atoms. The quantitative estimate of drug-likeness (QED) is 0.431. The fourth-order valence-electron chi connectivity index (χ4n) is 3.07. The first-order valence-electron chi connectivity index (χ1n) is 9.12. The summed E-state index contributed by atoms with van der Waals surface area (Å²) < 4.78 is 22.1. The lowest BCUT2D eigenvalue weighted by Crippen LogP contribution is -2.12. The van der Waals surface area contributed by atoms with Gasteiger partial charge < -0.3 is 9.30 Å². The molecule has 0 saturated carbocycles. The number of nitrogens with zero attached hydrogens (tertiary/aromatic N) is 3. The summed E-state index contributed by atoms with van der Waals surface area (Å²) in [5, 5.41) is 9.75. The predicted molar refractivity (Wildman–Crippen MR) is 112 cm³/mol. The Hall–Kier alpha value is -2.05. The Morgan fingerprint density at radius 3 is 2.54 bits per heavy atom. The Balaban J connectivity index is 1.77. The van der Waals surface area contributed by atoms with E-state index in [2.05, 4.69) is 16.3 Å². The molecule has 0 amide bonds. The molecule has 0 aliphatic carbocycles. The van der Waals surface area contributed by atoms with E-state index >= 15 is 0 Å². The summed E-state index contributed by atoms with van der Waals surface area (Å²) in [6.07, 6.45) is -0.264. The van der Waals surface area contributed by atoms with Crippen LogP contribution < -0.4 is 4.74 Å². The fraction of sp³-hybridized carbons (Fsp3) is 0.333. The maximum absolute atomic E-state index is 14.0. The van der Waals surface area contributed by atoms with Crippen LogP contribution in [0.3, 0.4) is 0 Å². The van der Waals surface area contributed by atoms with Crippen LogP contribution in [0.5, 0.6) is 5.75 Å².